The van der Waals surface area contributed by atoms with Crippen LogP contribution >= 0.6 is 0 Å². The van der Waals surface area contributed by atoms with Crippen LogP contribution in [0.25, 0.3) is 0 Å². The van der Waals surface area contributed by atoms with Crippen LogP contribution in [0.4, 0.5) is 10.7 Å². The number of ether oxygens (including phenoxy) is 3. The van der Waals surface area contributed by atoms with Gasteiger partial charge in [-0.05, 0) is 12.2 Å². The quantitative estimate of drug-likeness (QED) is 0.462. The molecule has 13 nitrogen and oxygen atoms in total. The highest BCUT2D eigenvalue weighted by atomic mass is 32.2. The van der Waals surface area contributed by atoms with E-state index >= 15 is 0 Å². The maximum atomic E-state index is 12.8. The van der Waals surface area contributed by atoms with E-state index < -0.39 is 33.0 Å². The molecule has 1 heterocycles. The lowest BCUT2D eigenvalue weighted by Crippen LogP contribution is -2.40. The van der Waals surface area contributed by atoms with Gasteiger partial charge in [-0.2, -0.15) is 9.97 Å². The van der Waals surface area contributed by atoms with Crippen molar-refractivity contribution in [2.45, 2.75) is 13.0 Å². The number of sulfonamides is 1. The minimum atomic E-state index is -4.54. The number of hydrogen-bond acceptors (Lipinski definition) is 10. The Morgan fingerprint density at radius 1 is 1.06 bits per heavy atom. The number of rotatable bonds is 7. The van der Waals surface area contributed by atoms with Gasteiger partial charge in [0.15, 0.2) is 0 Å². The average Bonchev–Trinajstić information content (AvgIpc) is 2.71. The van der Waals surface area contributed by atoms with E-state index in [2.05, 4.69) is 20.6 Å². The Kier molecular flexibility index (Phi) is 7.47. The lowest BCUT2D eigenvalue weighted by molar-refractivity contribution is -0.118. The zero-order valence-corrected chi connectivity index (χ0v) is 17.7. The zero-order valence-electron chi connectivity index (χ0n) is 16.9. The number of amides is 3. The monoisotopic (exact) mass is 453 g/mol. The summed E-state index contributed by atoms with van der Waals surface area (Å²) in [7, 11) is -0.721. The van der Waals surface area contributed by atoms with E-state index in [4.69, 9.17) is 14.2 Å². The van der Waals surface area contributed by atoms with Crippen molar-refractivity contribution in [3.8, 4) is 11.8 Å². The zero-order chi connectivity index (χ0) is 23.2. The number of allylic oxidation sites excluding steroid dienone is 1. The molecule has 1 aliphatic carbocycles. The van der Waals surface area contributed by atoms with Crippen LogP contribution in [-0.2, 0) is 24.3 Å². The smallest absolute Gasteiger partial charge is 0.335 e. The molecule has 0 aromatic carbocycles. The number of anilines is 1. The molecular weight excluding hydrogens is 434 g/mol. The molecule has 0 spiro atoms. The van der Waals surface area contributed by atoms with Crippen LogP contribution in [0.3, 0.4) is 0 Å². The van der Waals surface area contributed by atoms with Crippen molar-refractivity contribution >= 4 is 33.9 Å². The normalized spacial score (nSPS) is 15.7. The Labute approximate surface area is 177 Å². The van der Waals surface area contributed by atoms with Crippen molar-refractivity contribution in [1.29, 1.82) is 0 Å². The second kappa shape index (κ2) is 9.84. The van der Waals surface area contributed by atoms with Crippen LogP contribution in [-0.4, -0.2) is 63.7 Å². The summed E-state index contributed by atoms with van der Waals surface area (Å²) in [6.45, 7) is 1.20. The highest BCUT2D eigenvalue weighted by Gasteiger charge is 2.34. The second-order valence-electron chi connectivity index (χ2n) is 5.84. The van der Waals surface area contributed by atoms with Crippen molar-refractivity contribution in [2.75, 3.05) is 26.6 Å². The summed E-state index contributed by atoms with van der Waals surface area (Å²) in [5, 5.41) is 4.50. The van der Waals surface area contributed by atoms with Crippen LogP contribution < -0.4 is 24.8 Å². The van der Waals surface area contributed by atoms with E-state index in [1.54, 1.807) is 10.7 Å². The van der Waals surface area contributed by atoms with Crippen molar-refractivity contribution in [1.82, 2.24) is 20.0 Å². The summed E-state index contributed by atoms with van der Waals surface area (Å²) >= 11 is 0. The number of nitrogens with one attached hydrogen (secondary N) is 3. The molecule has 1 aromatic rings. The van der Waals surface area contributed by atoms with Gasteiger partial charge in [-0.1, -0.05) is 0 Å². The third-order valence-electron chi connectivity index (χ3n) is 3.68. The van der Waals surface area contributed by atoms with Gasteiger partial charge in [-0.15, -0.1) is 0 Å². The highest BCUT2D eigenvalue weighted by molar-refractivity contribution is 7.94. The van der Waals surface area contributed by atoms with Gasteiger partial charge < -0.3 is 19.5 Å². The number of carbonyl (C=O) groups is 2. The van der Waals surface area contributed by atoms with Crippen molar-refractivity contribution in [2.24, 2.45) is 0 Å². The molecule has 14 heteroatoms. The molecule has 0 fully saturated rings. The first-order chi connectivity index (χ1) is 14.6. The maximum absolute atomic E-state index is 12.8. The molecule has 1 unspecified atom stereocenters. The summed E-state index contributed by atoms with van der Waals surface area (Å²) < 4.78 is 42.3. The first-order valence-electron chi connectivity index (χ1n) is 8.43. The van der Waals surface area contributed by atoms with Crippen LogP contribution in [0.1, 0.15) is 6.92 Å². The van der Waals surface area contributed by atoms with E-state index in [9.17, 15) is 22.8 Å². The summed E-state index contributed by atoms with van der Waals surface area (Å²) in [5.74, 6) is 0.883. The summed E-state index contributed by atoms with van der Waals surface area (Å²) in [4.78, 5) is 42.1. The third-order valence-corrected chi connectivity index (χ3v) is 5.09. The first-order valence-corrected chi connectivity index (χ1v) is 9.91. The Morgan fingerprint density at radius 2 is 1.68 bits per heavy atom. The third kappa shape index (κ3) is 5.88. The van der Waals surface area contributed by atoms with Crippen LogP contribution in [0, 0.1) is 0 Å². The molecule has 1 atom stereocenters. The Balaban J connectivity index is 2.32. The van der Waals surface area contributed by atoms with E-state index in [0.29, 0.717) is 0 Å². The Bertz CT molecular complexity index is 1080. The maximum Gasteiger partial charge on any atom is 0.335 e. The standard InChI is InChI=1S/C17H19N5O8S/c1-9(24)18-11-5-10(8-23)15(30-4)12(6-11)31(26,27)22-17(25)21-16-19-13(28-2)7-14(20-16)29-3/h5-7,15H,1-4H3,(H,18,24)(H2,19,20,21,22,25). The van der Waals surface area contributed by atoms with Gasteiger partial charge in [0.05, 0.1) is 25.9 Å². The van der Waals surface area contributed by atoms with E-state index in [-0.39, 0.29) is 29.0 Å². The van der Waals surface area contributed by atoms with Crippen LogP contribution in [0.2, 0.25) is 0 Å². The fourth-order valence-electron chi connectivity index (χ4n) is 2.46. The molecule has 1 aromatic heterocycles. The van der Waals surface area contributed by atoms with Crippen LogP contribution in [0.15, 0.2) is 34.4 Å². The molecule has 166 valence electrons. The first kappa shape index (κ1) is 23.5. The number of nitrogens with zero attached hydrogens (tertiary/aromatic N) is 2. The molecule has 31 heavy (non-hydrogen) atoms. The van der Waals surface area contributed by atoms with Gasteiger partial charge in [0, 0.05) is 19.7 Å². The minimum Gasteiger partial charge on any atom is -0.481 e. The molecule has 0 aliphatic heterocycles. The molecule has 1 aliphatic rings. The number of carbonyl (C=O) groups excluding carboxylic acids is 3. The molecule has 0 saturated heterocycles. The molecule has 2 rings (SSSR count). The summed E-state index contributed by atoms with van der Waals surface area (Å²) in [6.07, 6.45) is 0.906. The molecule has 0 radical (unpaired) electrons. The molecule has 3 N–H and O–H groups in total. The van der Waals surface area contributed by atoms with E-state index in [1.165, 1.54) is 40.4 Å². The topological polar surface area (TPSA) is 175 Å². The minimum absolute atomic E-state index is 0.000739. The van der Waals surface area contributed by atoms with Gasteiger partial charge in [-0.25, -0.2) is 22.7 Å². The second-order valence-corrected chi connectivity index (χ2v) is 7.52. The molecule has 3 amide bonds. The van der Waals surface area contributed by atoms with Gasteiger partial charge in [0.25, 0.3) is 10.0 Å². The molecule has 0 saturated carbocycles. The Morgan fingerprint density at radius 3 is 2.16 bits per heavy atom. The van der Waals surface area contributed by atoms with Crippen molar-refractivity contribution < 1.29 is 37.0 Å². The number of urea groups is 1. The predicted octanol–water partition coefficient (Wildman–Crippen LogP) is -0.364. The lowest BCUT2D eigenvalue weighted by atomic mass is 10.0. The van der Waals surface area contributed by atoms with Gasteiger partial charge in [0.2, 0.25) is 23.6 Å². The molecule has 0 bridgehead atoms. The Hall–Kier alpha value is -3.74. The number of methoxy groups -OCH3 is 3. The van der Waals surface area contributed by atoms with Crippen molar-refractivity contribution in [3.63, 3.8) is 0 Å². The summed E-state index contributed by atoms with van der Waals surface area (Å²) in [5.41, 5.74) is -0.198. The van der Waals surface area contributed by atoms with E-state index in [0.717, 1.165) is 6.08 Å². The van der Waals surface area contributed by atoms with Crippen molar-refractivity contribution in [3.05, 3.63) is 34.4 Å². The van der Waals surface area contributed by atoms with Gasteiger partial charge in [-0.3, -0.25) is 10.1 Å². The largest absolute Gasteiger partial charge is 0.481 e. The fourth-order valence-corrected chi connectivity index (χ4v) is 3.66. The predicted molar refractivity (Wildman–Crippen MR) is 106 cm³/mol. The number of aromatic nitrogens is 2. The number of hydrogen-bond donors (Lipinski definition) is 3. The van der Waals surface area contributed by atoms with E-state index in [1.807, 2.05) is 0 Å². The van der Waals surface area contributed by atoms with Crippen LogP contribution in [0.5, 0.6) is 11.8 Å². The van der Waals surface area contributed by atoms with Gasteiger partial charge in [0.1, 0.15) is 17.0 Å². The molecular formula is C17H19N5O8S. The fraction of sp³-hybridized carbons (Fsp3) is 0.294. The summed E-state index contributed by atoms with van der Waals surface area (Å²) in [6, 6.07) is 0.136. The SMILES string of the molecule is COc1cc(OC)nc(NC(=O)NS(=O)(=O)C2=CC(NC(C)=O)=CC(=C=O)C2OC)n1. The van der Waals surface area contributed by atoms with Gasteiger partial charge >= 0.3 is 6.03 Å². The average molecular weight is 453 g/mol. The highest BCUT2D eigenvalue weighted by Crippen LogP contribution is 2.26. The lowest BCUT2D eigenvalue weighted by Gasteiger charge is -2.23.